The molecule has 1 saturated heterocycles. The topological polar surface area (TPSA) is 110 Å². The Balaban J connectivity index is 1.97. The summed E-state index contributed by atoms with van der Waals surface area (Å²) in [6.07, 6.45) is 0.522. The van der Waals surface area contributed by atoms with Gasteiger partial charge in [0.2, 0.25) is 10.0 Å². The minimum atomic E-state index is -4.06. The van der Waals surface area contributed by atoms with Crippen LogP contribution >= 0.6 is 11.3 Å². The third kappa shape index (κ3) is 3.80. The van der Waals surface area contributed by atoms with Gasteiger partial charge in [-0.1, -0.05) is 6.07 Å². The van der Waals surface area contributed by atoms with Crippen molar-refractivity contribution < 1.29 is 26.4 Å². The van der Waals surface area contributed by atoms with Crippen LogP contribution in [-0.4, -0.2) is 42.2 Å². The predicted molar refractivity (Wildman–Crippen MR) is 103 cm³/mol. The molecule has 1 aliphatic rings. The highest BCUT2D eigenvalue weighted by Crippen LogP contribution is 2.31. The molecular formula is C16H18N2O6S3. The summed E-state index contributed by atoms with van der Waals surface area (Å²) in [5, 5.41) is 1.49. The van der Waals surface area contributed by atoms with Crippen LogP contribution in [-0.2, 0) is 24.8 Å². The van der Waals surface area contributed by atoms with Crippen molar-refractivity contribution in [2.24, 2.45) is 0 Å². The van der Waals surface area contributed by atoms with Crippen molar-refractivity contribution in [2.75, 3.05) is 28.4 Å². The number of anilines is 2. The van der Waals surface area contributed by atoms with Crippen LogP contribution < -0.4 is 9.03 Å². The first-order valence-corrected chi connectivity index (χ1v) is 11.9. The van der Waals surface area contributed by atoms with E-state index in [1.54, 1.807) is 19.1 Å². The van der Waals surface area contributed by atoms with Crippen molar-refractivity contribution in [3.8, 4) is 0 Å². The SMILES string of the molecule is COC(=O)c1sccc1S(=O)(=O)Nc1cc(N2CCCS2(=O)=O)ccc1C. The molecule has 0 bridgehead atoms. The van der Waals surface area contributed by atoms with E-state index in [9.17, 15) is 21.6 Å². The van der Waals surface area contributed by atoms with Crippen molar-refractivity contribution in [2.45, 2.75) is 18.2 Å². The summed E-state index contributed by atoms with van der Waals surface area (Å²) in [6, 6.07) is 6.10. The Labute approximate surface area is 161 Å². The molecule has 3 rings (SSSR count). The molecule has 0 aliphatic carbocycles. The maximum Gasteiger partial charge on any atom is 0.349 e. The van der Waals surface area contributed by atoms with Crippen LogP contribution in [0.4, 0.5) is 11.4 Å². The van der Waals surface area contributed by atoms with Gasteiger partial charge in [0.25, 0.3) is 10.0 Å². The van der Waals surface area contributed by atoms with E-state index >= 15 is 0 Å². The number of nitrogens with zero attached hydrogens (tertiary/aromatic N) is 1. The third-order valence-corrected chi connectivity index (χ3v) is 8.44. The van der Waals surface area contributed by atoms with Gasteiger partial charge in [0, 0.05) is 6.54 Å². The smallest absolute Gasteiger partial charge is 0.349 e. The van der Waals surface area contributed by atoms with E-state index in [1.165, 1.54) is 28.9 Å². The van der Waals surface area contributed by atoms with E-state index in [1.807, 2.05) is 0 Å². The zero-order chi connectivity index (χ0) is 19.8. The number of sulfonamides is 2. The van der Waals surface area contributed by atoms with Crippen molar-refractivity contribution >= 4 is 48.7 Å². The molecule has 0 atom stereocenters. The lowest BCUT2D eigenvalue weighted by molar-refractivity contribution is 0.0602. The molecule has 2 aromatic rings. The first-order valence-electron chi connectivity index (χ1n) is 7.95. The number of rotatable bonds is 5. The van der Waals surface area contributed by atoms with Crippen molar-refractivity contribution in [1.82, 2.24) is 0 Å². The average Bonchev–Trinajstić information content (AvgIpc) is 3.23. The van der Waals surface area contributed by atoms with E-state index < -0.39 is 26.0 Å². The number of hydrogen-bond donors (Lipinski definition) is 1. The van der Waals surface area contributed by atoms with Gasteiger partial charge in [-0.05, 0) is 42.5 Å². The minimum absolute atomic E-state index is 0.0269. The van der Waals surface area contributed by atoms with E-state index in [0.29, 0.717) is 24.2 Å². The summed E-state index contributed by atoms with van der Waals surface area (Å²) in [5.74, 6) is -0.668. The highest BCUT2D eigenvalue weighted by Gasteiger charge is 2.29. The van der Waals surface area contributed by atoms with Crippen LogP contribution in [0.25, 0.3) is 0 Å². The number of thiophene rings is 1. The van der Waals surface area contributed by atoms with Crippen LogP contribution in [0, 0.1) is 6.92 Å². The zero-order valence-electron chi connectivity index (χ0n) is 14.6. The van der Waals surface area contributed by atoms with Gasteiger partial charge in [-0.15, -0.1) is 11.3 Å². The number of aryl methyl sites for hydroxylation is 1. The largest absolute Gasteiger partial charge is 0.465 e. The van der Waals surface area contributed by atoms with Gasteiger partial charge in [0.05, 0.1) is 24.2 Å². The molecule has 0 spiro atoms. The number of ether oxygens (including phenoxy) is 1. The lowest BCUT2D eigenvalue weighted by Crippen LogP contribution is -2.25. The Morgan fingerprint density at radius 3 is 2.67 bits per heavy atom. The molecule has 1 aromatic carbocycles. The number of carbonyl (C=O) groups excluding carboxylic acids is 1. The highest BCUT2D eigenvalue weighted by molar-refractivity contribution is 7.93. The number of nitrogens with one attached hydrogen (secondary N) is 1. The van der Waals surface area contributed by atoms with Gasteiger partial charge < -0.3 is 4.74 Å². The van der Waals surface area contributed by atoms with Crippen LogP contribution in [0.5, 0.6) is 0 Å². The van der Waals surface area contributed by atoms with Gasteiger partial charge >= 0.3 is 5.97 Å². The first-order chi connectivity index (χ1) is 12.7. The van der Waals surface area contributed by atoms with Gasteiger partial charge in [-0.2, -0.15) is 0 Å². The molecule has 0 radical (unpaired) electrons. The Hall–Kier alpha value is -2.11. The monoisotopic (exact) mass is 430 g/mol. The molecule has 1 aromatic heterocycles. The molecule has 1 aliphatic heterocycles. The number of methoxy groups -OCH3 is 1. The van der Waals surface area contributed by atoms with Crippen LogP contribution in [0.1, 0.15) is 21.7 Å². The summed E-state index contributed by atoms with van der Waals surface area (Å²) in [7, 11) is -6.26. The molecule has 8 nitrogen and oxygen atoms in total. The van der Waals surface area contributed by atoms with Crippen LogP contribution in [0.15, 0.2) is 34.5 Å². The summed E-state index contributed by atoms with van der Waals surface area (Å²) in [5.41, 5.74) is 1.26. The van der Waals surface area contributed by atoms with Crippen molar-refractivity contribution in [1.29, 1.82) is 0 Å². The second-order valence-corrected chi connectivity index (χ2v) is 10.5. The first kappa shape index (κ1) is 19.6. The third-order valence-electron chi connectivity index (χ3n) is 4.14. The summed E-state index contributed by atoms with van der Waals surface area (Å²) in [6.45, 7) is 2.06. The van der Waals surface area contributed by atoms with Crippen LogP contribution in [0.2, 0.25) is 0 Å². The fourth-order valence-electron chi connectivity index (χ4n) is 2.75. The molecular weight excluding hydrogens is 412 g/mol. The van der Waals surface area contributed by atoms with Gasteiger partial charge in [0.15, 0.2) is 0 Å². The molecule has 11 heteroatoms. The Morgan fingerprint density at radius 2 is 2.04 bits per heavy atom. The Kier molecular flexibility index (Phi) is 5.19. The summed E-state index contributed by atoms with van der Waals surface area (Å²) >= 11 is 0.966. The fraction of sp³-hybridized carbons (Fsp3) is 0.312. The minimum Gasteiger partial charge on any atom is -0.465 e. The Bertz CT molecular complexity index is 1090. The quantitative estimate of drug-likeness (QED) is 0.728. The summed E-state index contributed by atoms with van der Waals surface area (Å²) < 4.78 is 58.1. The van der Waals surface area contributed by atoms with E-state index in [2.05, 4.69) is 9.46 Å². The molecule has 0 amide bonds. The lowest BCUT2D eigenvalue weighted by Gasteiger charge is -2.19. The lowest BCUT2D eigenvalue weighted by atomic mass is 10.2. The van der Waals surface area contributed by atoms with E-state index in [4.69, 9.17) is 0 Å². The molecule has 2 heterocycles. The molecule has 0 saturated carbocycles. The molecule has 1 fully saturated rings. The predicted octanol–water partition coefficient (Wildman–Crippen LogP) is 2.18. The molecule has 146 valence electrons. The second kappa shape index (κ2) is 7.13. The maximum absolute atomic E-state index is 12.8. The molecule has 1 N–H and O–H groups in total. The highest BCUT2D eigenvalue weighted by atomic mass is 32.2. The fourth-order valence-corrected chi connectivity index (χ4v) is 6.77. The van der Waals surface area contributed by atoms with Gasteiger partial charge in [0.1, 0.15) is 9.77 Å². The van der Waals surface area contributed by atoms with Crippen molar-refractivity contribution in [3.05, 3.63) is 40.1 Å². The number of benzene rings is 1. The van der Waals surface area contributed by atoms with Gasteiger partial charge in [-0.3, -0.25) is 9.03 Å². The van der Waals surface area contributed by atoms with Gasteiger partial charge in [-0.25, -0.2) is 21.6 Å². The zero-order valence-corrected chi connectivity index (χ0v) is 17.1. The standard InChI is InChI=1S/C16H18N2O6S3/c1-11-4-5-12(18-7-3-9-26(18,20)21)10-13(11)17-27(22,23)14-6-8-25-15(14)16(19)24-2/h4-6,8,10,17H,3,7,9H2,1-2H3. The normalized spacial score (nSPS) is 16.3. The summed E-state index contributed by atoms with van der Waals surface area (Å²) in [4.78, 5) is 11.6. The molecule has 0 unspecified atom stereocenters. The Morgan fingerprint density at radius 1 is 1.30 bits per heavy atom. The second-order valence-electron chi connectivity index (χ2n) is 5.95. The van der Waals surface area contributed by atoms with Crippen molar-refractivity contribution in [3.63, 3.8) is 0 Å². The molecule has 27 heavy (non-hydrogen) atoms. The van der Waals surface area contributed by atoms with E-state index in [0.717, 1.165) is 11.3 Å². The number of esters is 1. The van der Waals surface area contributed by atoms with E-state index in [-0.39, 0.29) is 21.2 Å². The number of hydrogen-bond acceptors (Lipinski definition) is 7. The average molecular weight is 431 g/mol. The number of carbonyl (C=O) groups is 1. The van der Waals surface area contributed by atoms with Crippen LogP contribution in [0.3, 0.4) is 0 Å². The maximum atomic E-state index is 12.8.